The average molecular weight is 372 g/mol. The van der Waals surface area contributed by atoms with Gasteiger partial charge in [-0.15, -0.1) is 0 Å². The summed E-state index contributed by atoms with van der Waals surface area (Å²) in [5.41, 5.74) is 1.23. The monoisotopic (exact) mass is 371 g/mol. The van der Waals surface area contributed by atoms with Gasteiger partial charge in [0.25, 0.3) is 5.56 Å². The summed E-state index contributed by atoms with van der Waals surface area (Å²) in [6.45, 7) is 1.73. The lowest BCUT2D eigenvalue weighted by atomic mass is 10.2. The third kappa shape index (κ3) is 3.38. The highest BCUT2D eigenvalue weighted by Crippen LogP contribution is 2.23. The maximum Gasteiger partial charge on any atom is 0.339 e. The number of rotatable bonds is 4. The molecule has 0 aliphatic rings. The second-order valence-electron chi connectivity index (χ2n) is 5.54. The molecule has 0 amide bonds. The van der Waals surface area contributed by atoms with Crippen LogP contribution in [0.5, 0.6) is 5.75 Å². The molecule has 7 nitrogen and oxygen atoms in total. The summed E-state index contributed by atoms with van der Waals surface area (Å²) in [6, 6.07) is 10.8. The fraction of sp³-hybridized carbons (Fsp3) is 0.0556. The first-order valence-electron chi connectivity index (χ1n) is 7.55. The van der Waals surface area contributed by atoms with Crippen molar-refractivity contribution >= 4 is 29.5 Å². The van der Waals surface area contributed by atoms with Gasteiger partial charge in [0.15, 0.2) is 0 Å². The summed E-state index contributed by atoms with van der Waals surface area (Å²) in [4.78, 5) is 27.8. The number of hydrogen-bond donors (Lipinski definition) is 3. The van der Waals surface area contributed by atoms with Gasteiger partial charge in [0.2, 0.25) is 0 Å². The number of carboxylic acids is 1. The van der Waals surface area contributed by atoms with Crippen LogP contribution in [0.15, 0.2) is 52.3 Å². The van der Waals surface area contributed by atoms with Gasteiger partial charge in [-0.2, -0.15) is 0 Å². The molecule has 0 atom stereocenters. The SMILES string of the molecule is Cc1[nH]n(-c2cccc(Cl)c2)c(=O)c1C=Nc1ccc(O)c(C(=O)O)c1. The van der Waals surface area contributed by atoms with E-state index in [1.807, 2.05) is 0 Å². The lowest BCUT2D eigenvalue weighted by molar-refractivity contribution is 0.0694. The number of aryl methyl sites for hydroxylation is 1. The minimum Gasteiger partial charge on any atom is -0.507 e. The predicted octanol–water partition coefficient (Wildman–Crippen LogP) is 3.28. The molecule has 0 radical (unpaired) electrons. The summed E-state index contributed by atoms with van der Waals surface area (Å²) >= 11 is 5.96. The molecule has 0 fully saturated rings. The molecule has 3 N–H and O–H groups in total. The van der Waals surface area contributed by atoms with Crippen LogP contribution in [0.1, 0.15) is 21.6 Å². The van der Waals surface area contributed by atoms with Gasteiger partial charge in [0, 0.05) is 16.9 Å². The molecule has 3 aromatic rings. The number of phenols is 1. The van der Waals surface area contributed by atoms with E-state index in [0.29, 0.717) is 27.7 Å². The first-order chi connectivity index (χ1) is 12.4. The predicted molar refractivity (Wildman–Crippen MR) is 98.5 cm³/mol. The topological polar surface area (TPSA) is 108 Å². The number of aliphatic imine (C=N–C) groups is 1. The Morgan fingerprint density at radius 3 is 2.73 bits per heavy atom. The van der Waals surface area contributed by atoms with Crippen molar-refractivity contribution in [1.29, 1.82) is 0 Å². The summed E-state index contributed by atoms with van der Waals surface area (Å²) in [6.07, 6.45) is 1.35. The van der Waals surface area contributed by atoms with Gasteiger partial charge in [-0.1, -0.05) is 17.7 Å². The summed E-state index contributed by atoms with van der Waals surface area (Å²) in [5, 5.41) is 22.0. The Hall–Kier alpha value is -3.32. The van der Waals surface area contributed by atoms with E-state index in [0.717, 1.165) is 0 Å². The normalized spacial score (nSPS) is 11.2. The van der Waals surface area contributed by atoms with Crippen LogP contribution in [0.3, 0.4) is 0 Å². The third-order valence-corrected chi connectivity index (χ3v) is 3.97. The smallest absolute Gasteiger partial charge is 0.339 e. The number of benzene rings is 2. The molecule has 0 bridgehead atoms. The standard InChI is InChI=1S/C18H14ClN3O4/c1-10-15(9-20-12-5-6-16(23)14(8-12)18(25)26)17(24)22(21-10)13-4-2-3-11(19)7-13/h2-9,21,23H,1H3,(H,25,26). The van der Waals surface area contributed by atoms with E-state index >= 15 is 0 Å². The second-order valence-corrected chi connectivity index (χ2v) is 5.97. The molecule has 0 aliphatic carbocycles. The molecule has 8 heteroatoms. The number of aromatic hydroxyl groups is 1. The molecule has 1 heterocycles. The zero-order chi connectivity index (χ0) is 18.8. The highest BCUT2D eigenvalue weighted by molar-refractivity contribution is 6.30. The molecule has 3 rings (SSSR count). The Morgan fingerprint density at radius 1 is 1.27 bits per heavy atom. The van der Waals surface area contributed by atoms with Crippen LogP contribution in [-0.2, 0) is 0 Å². The summed E-state index contributed by atoms with van der Waals surface area (Å²) < 4.78 is 1.35. The van der Waals surface area contributed by atoms with Crippen molar-refractivity contribution in [2.45, 2.75) is 6.92 Å². The van der Waals surface area contributed by atoms with Crippen molar-refractivity contribution in [2.75, 3.05) is 0 Å². The number of aromatic amines is 1. The van der Waals surface area contributed by atoms with Gasteiger partial charge in [-0.25, -0.2) is 9.48 Å². The number of nitrogens with one attached hydrogen (secondary N) is 1. The van der Waals surface area contributed by atoms with Crippen LogP contribution >= 0.6 is 11.6 Å². The molecule has 132 valence electrons. The molecule has 0 spiro atoms. The Labute approximate surface area is 152 Å². The molecular weight excluding hydrogens is 358 g/mol. The number of aromatic nitrogens is 2. The molecule has 0 aliphatic heterocycles. The van der Waals surface area contributed by atoms with Crippen LogP contribution in [0, 0.1) is 6.92 Å². The molecular formula is C18H14ClN3O4. The van der Waals surface area contributed by atoms with Gasteiger partial charge in [0.1, 0.15) is 11.3 Å². The molecule has 0 saturated carbocycles. The van der Waals surface area contributed by atoms with Gasteiger partial charge < -0.3 is 10.2 Å². The van der Waals surface area contributed by atoms with E-state index in [1.165, 1.54) is 29.1 Å². The van der Waals surface area contributed by atoms with E-state index in [2.05, 4.69) is 10.1 Å². The highest BCUT2D eigenvalue weighted by Gasteiger charge is 2.12. The third-order valence-electron chi connectivity index (χ3n) is 3.74. The Morgan fingerprint density at radius 2 is 2.04 bits per heavy atom. The van der Waals surface area contributed by atoms with Crippen LogP contribution in [0.25, 0.3) is 5.69 Å². The maximum absolute atomic E-state index is 12.6. The largest absolute Gasteiger partial charge is 0.507 e. The molecule has 2 aromatic carbocycles. The first-order valence-corrected chi connectivity index (χ1v) is 7.92. The minimum absolute atomic E-state index is 0.262. The van der Waals surface area contributed by atoms with Crippen LogP contribution < -0.4 is 5.56 Å². The zero-order valence-corrected chi connectivity index (χ0v) is 14.4. The maximum atomic E-state index is 12.6. The van der Waals surface area contributed by atoms with Crippen molar-refractivity contribution < 1.29 is 15.0 Å². The van der Waals surface area contributed by atoms with Crippen molar-refractivity contribution in [3.63, 3.8) is 0 Å². The lowest BCUT2D eigenvalue weighted by Gasteiger charge is -2.01. The van der Waals surface area contributed by atoms with E-state index in [4.69, 9.17) is 16.7 Å². The van der Waals surface area contributed by atoms with Gasteiger partial charge in [-0.05, 0) is 43.3 Å². The minimum atomic E-state index is -1.26. The second kappa shape index (κ2) is 6.89. The number of H-pyrrole nitrogens is 1. The quantitative estimate of drug-likeness (QED) is 0.611. The van der Waals surface area contributed by atoms with Gasteiger partial charge in [-0.3, -0.25) is 14.9 Å². The van der Waals surface area contributed by atoms with E-state index in [1.54, 1.807) is 31.2 Å². The van der Waals surface area contributed by atoms with Crippen molar-refractivity contribution in [2.24, 2.45) is 4.99 Å². The average Bonchev–Trinajstić information content (AvgIpc) is 2.88. The van der Waals surface area contributed by atoms with Crippen molar-refractivity contribution in [3.05, 3.63) is 74.7 Å². The van der Waals surface area contributed by atoms with E-state index in [-0.39, 0.29) is 16.9 Å². The fourth-order valence-corrected chi connectivity index (χ4v) is 2.61. The number of aromatic carboxylic acids is 1. The molecule has 26 heavy (non-hydrogen) atoms. The van der Waals surface area contributed by atoms with Gasteiger partial charge >= 0.3 is 5.97 Å². The summed E-state index contributed by atoms with van der Waals surface area (Å²) in [5.74, 6) is -1.61. The fourth-order valence-electron chi connectivity index (χ4n) is 2.42. The molecule has 0 saturated heterocycles. The number of carboxylic acid groups (broad SMARTS) is 1. The summed E-state index contributed by atoms with van der Waals surface area (Å²) in [7, 11) is 0. The van der Waals surface area contributed by atoms with Crippen molar-refractivity contribution in [1.82, 2.24) is 9.78 Å². The number of halogens is 1. The molecule has 0 unspecified atom stereocenters. The van der Waals surface area contributed by atoms with Crippen LogP contribution in [0.4, 0.5) is 5.69 Å². The first kappa shape index (κ1) is 17.5. The van der Waals surface area contributed by atoms with Crippen LogP contribution in [-0.4, -0.2) is 32.2 Å². The lowest BCUT2D eigenvalue weighted by Crippen LogP contribution is -2.17. The number of nitrogens with zero attached hydrogens (tertiary/aromatic N) is 2. The Kier molecular flexibility index (Phi) is 4.64. The van der Waals surface area contributed by atoms with E-state index < -0.39 is 5.97 Å². The molecule has 1 aromatic heterocycles. The number of hydrogen-bond acceptors (Lipinski definition) is 4. The van der Waals surface area contributed by atoms with Gasteiger partial charge in [0.05, 0.1) is 16.9 Å². The van der Waals surface area contributed by atoms with Crippen molar-refractivity contribution in [3.8, 4) is 11.4 Å². The Balaban J connectivity index is 1.99. The zero-order valence-electron chi connectivity index (χ0n) is 13.6. The van der Waals surface area contributed by atoms with E-state index in [9.17, 15) is 14.7 Å². The Bertz CT molecular complexity index is 1080. The highest BCUT2D eigenvalue weighted by atomic mass is 35.5. The van der Waals surface area contributed by atoms with Crippen LogP contribution in [0.2, 0.25) is 5.02 Å². The number of carbonyl (C=O) groups is 1.